The summed E-state index contributed by atoms with van der Waals surface area (Å²) in [6.07, 6.45) is 14.9. The van der Waals surface area contributed by atoms with Crippen molar-refractivity contribution < 1.29 is 0 Å². The molecule has 1 heterocycles. The summed E-state index contributed by atoms with van der Waals surface area (Å²) >= 11 is 3.40. The lowest BCUT2D eigenvalue weighted by Gasteiger charge is -2.07. The molecule has 0 saturated heterocycles. The zero-order valence-corrected chi connectivity index (χ0v) is 12.1. The summed E-state index contributed by atoms with van der Waals surface area (Å²) in [4.78, 5) is 12.5. The predicted molar refractivity (Wildman–Crippen MR) is 85.4 cm³/mol. The van der Waals surface area contributed by atoms with E-state index in [0.717, 1.165) is 15.6 Å². The second-order valence-electron chi connectivity index (χ2n) is 4.31. The molecule has 0 unspecified atom stereocenters. The number of allylic oxidation sites excluding steroid dienone is 8. The van der Waals surface area contributed by atoms with Crippen LogP contribution in [0.3, 0.4) is 0 Å². The monoisotopic (exact) mass is 326 g/mol. The van der Waals surface area contributed by atoms with Crippen LogP contribution in [0.1, 0.15) is 0 Å². The van der Waals surface area contributed by atoms with Crippen LogP contribution in [0.25, 0.3) is 16.5 Å². The molecule has 20 heavy (non-hydrogen) atoms. The highest BCUT2D eigenvalue weighted by Crippen LogP contribution is 2.17. The van der Waals surface area contributed by atoms with Crippen LogP contribution in [0.2, 0.25) is 0 Å². The van der Waals surface area contributed by atoms with Crippen molar-refractivity contribution in [1.82, 2.24) is 9.78 Å². The van der Waals surface area contributed by atoms with Crippen molar-refractivity contribution in [2.45, 2.75) is 0 Å². The van der Waals surface area contributed by atoms with Gasteiger partial charge in [0.15, 0.2) is 0 Å². The van der Waals surface area contributed by atoms with Gasteiger partial charge in [-0.25, -0.2) is 0 Å². The maximum Gasteiger partial charge on any atom is 0.279 e. The molecular weight excluding hydrogens is 316 g/mol. The topological polar surface area (TPSA) is 34.9 Å². The number of fused-ring (bicyclic) bond motifs is 1. The third kappa shape index (κ3) is 2.42. The van der Waals surface area contributed by atoms with Gasteiger partial charge in [-0.2, -0.15) is 9.78 Å². The van der Waals surface area contributed by atoms with Crippen molar-refractivity contribution in [3.8, 4) is 0 Å². The Hall–Kier alpha value is -2.20. The molecule has 0 fully saturated rings. The summed E-state index contributed by atoms with van der Waals surface area (Å²) in [6, 6.07) is 5.56. The standard InChI is InChI=1S/C16H11BrN2O/c17-13-8-9-15-12(10-13)11-18-19(16(15)20)14-6-4-2-1-3-5-7-14/h1-11H/b2-1-,3-1?,4-2?,5-3-,6-4?,7-5?,14-6?,14-7?. The molecule has 0 aliphatic heterocycles. The SMILES string of the molecule is O=c1c2ccc(Br)cc2cnn1C1=C/C=C\C=C/C=C1. The highest BCUT2D eigenvalue weighted by atomic mass is 79.9. The molecule has 2 aromatic rings. The Kier molecular flexibility index (Phi) is 3.48. The van der Waals surface area contributed by atoms with Crippen LogP contribution in [0.4, 0.5) is 0 Å². The third-order valence-electron chi connectivity index (χ3n) is 2.97. The molecule has 0 N–H and O–H groups in total. The molecule has 0 bridgehead atoms. The van der Waals surface area contributed by atoms with Crippen molar-refractivity contribution in [2.24, 2.45) is 0 Å². The smallest absolute Gasteiger partial charge is 0.267 e. The highest BCUT2D eigenvalue weighted by molar-refractivity contribution is 9.10. The molecular formula is C16H11BrN2O. The van der Waals surface area contributed by atoms with Gasteiger partial charge in [0, 0.05) is 9.86 Å². The van der Waals surface area contributed by atoms with Crippen LogP contribution in [-0.4, -0.2) is 9.78 Å². The number of nitrogens with zero attached hydrogens (tertiary/aromatic N) is 2. The predicted octanol–water partition coefficient (Wildman–Crippen LogP) is 3.68. The molecule has 0 amide bonds. The van der Waals surface area contributed by atoms with E-state index in [2.05, 4.69) is 21.0 Å². The Morgan fingerprint density at radius 1 is 1.05 bits per heavy atom. The molecule has 1 aliphatic carbocycles. The van der Waals surface area contributed by atoms with Gasteiger partial charge < -0.3 is 0 Å². The van der Waals surface area contributed by atoms with Crippen LogP contribution < -0.4 is 5.56 Å². The first-order valence-electron chi connectivity index (χ1n) is 6.15. The average molecular weight is 327 g/mol. The minimum atomic E-state index is -0.121. The molecule has 1 aromatic heterocycles. The van der Waals surface area contributed by atoms with E-state index in [0.29, 0.717) is 5.39 Å². The normalized spacial score (nSPS) is 17.4. The fraction of sp³-hybridized carbons (Fsp3) is 0. The van der Waals surface area contributed by atoms with E-state index in [1.54, 1.807) is 6.20 Å². The molecule has 98 valence electrons. The quantitative estimate of drug-likeness (QED) is 0.801. The molecule has 0 saturated carbocycles. The van der Waals surface area contributed by atoms with Gasteiger partial charge in [0.1, 0.15) is 0 Å². The largest absolute Gasteiger partial charge is 0.279 e. The molecule has 4 heteroatoms. The van der Waals surface area contributed by atoms with Crippen LogP contribution in [0.5, 0.6) is 0 Å². The summed E-state index contributed by atoms with van der Waals surface area (Å²) in [7, 11) is 0. The summed E-state index contributed by atoms with van der Waals surface area (Å²) in [5, 5.41) is 5.73. The first-order valence-corrected chi connectivity index (χ1v) is 6.95. The van der Waals surface area contributed by atoms with Crippen LogP contribution in [0, 0.1) is 0 Å². The van der Waals surface area contributed by atoms with Gasteiger partial charge in [0.05, 0.1) is 17.3 Å². The molecule has 0 atom stereocenters. The van der Waals surface area contributed by atoms with Gasteiger partial charge in [-0.15, -0.1) is 0 Å². The highest BCUT2D eigenvalue weighted by Gasteiger charge is 2.06. The van der Waals surface area contributed by atoms with E-state index in [4.69, 9.17) is 0 Å². The fourth-order valence-electron chi connectivity index (χ4n) is 2.00. The lowest BCUT2D eigenvalue weighted by atomic mass is 10.2. The zero-order chi connectivity index (χ0) is 13.9. The van der Waals surface area contributed by atoms with Crippen LogP contribution in [-0.2, 0) is 0 Å². The minimum Gasteiger partial charge on any atom is -0.267 e. The molecule has 3 rings (SSSR count). The number of benzene rings is 1. The van der Waals surface area contributed by atoms with Gasteiger partial charge >= 0.3 is 0 Å². The first kappa shape index (κ1) is 12.8. The van der Waals surface area contributed by atoms with Gasteiger partial charge in [-0.3, -0.25) is 4.79 Å². The Morgan fingerprint density at radius 2 is 1.85 bits per heavy atom. The van der Waals surface area contributed by atoms with Crippen molar-refractivity contribution in [3.05, 3.63) is 81.8 Å². The number of halogens is 1. The average Bonchev–Trinajstić information content (AvgIpc) is 2.40. The first-order chi connectivity index (χ1) is 9.75. The fourth-order valence-corrected chi connectivity index (χ4v) is 2.38. The molecule has 1 aliphatic rings. The van der Waals surface area contributed by atoms with E-state index < -0.39 is 0 Å². The summed E-state index contributed by atoms with van der Waals surface area (Å²) in [6.45, 7) is 0. The van der Waals surface area contributed by atoms with E-state index in [1.165, 1.54) is 4.68 Å². The Labute approximate surface area is 124 Å². The molecule has 3 nitrogen and oxygen atoms in total. The van der Waals surface area contributed by atoms with Crippen molar-refractivity contribution in [1.29, 1.82) is 0 Å². The van der Waals surface area contributed by atoms with Gasteiger partial charge in [0.2, 0.25) is 0 Å². The lowest BCUT2D eigenvalue weighted by molar-refractivity contribution is 0.847. The molecule has 0 spiro atoms. The maximum absolute atomic E-state index is 12.5. The summed E-state index contributed by atoms with van der Waals surface area (Å²) in [5.74, 6) is 0. The Balaban J connectivity index is 2.20. The van der Waals surface area contributed by atoms with Crippen molar-refractivity contribution in [3.63, 3.8) is 0 Å². The van der Waals surface area contributed by atoms with E-state index in [-0.39, 0.29) is 5.56 Å². The second-order valence-corrected chi connectivity index (χ2v) is 5.23. The Morgan fingerprint density at radius 3 is 2.75 bits per heavy atom. The van der Waals surface area contributed by atoms with E-state index >= 15 is 0 Å². The molecule has 1 aromatic carbocycles. The van der Waals surface area contributed by atoms with Crippen molar-refractivity contribution >= 4 is 32.4 Å². The van der Waals surface area contributed by atoms with E-state index in [9.17, 15) is 4.79 Å². The van der Waals surface area contributed by atoms with Crippen LogP contribution in [0.15, 0.2) is 76.2 Å². The zero-order valence-electron chi connectivity index (χ0n) is 10.5. The minimum absolute atomic E-state index is 0.121. The number of hydrogen-bond donors (Lipinski definition) is 0. The summed E-state index contributed by atoms with van der Waals surface area (Å²) < 4.78 is 2.35. The summed E-state index contributed by atoms with van der Waals surface area (Å²) in [5.41, 5.74) is 0.615. The number of hydrogen-bond acceptors (Lipinski definition) is 2. The number of rotatable bonds is 1. The van der Waals surface area contributed by atoms with E-state index in [1.807, 2.05) is 60.7 Å². The lowest BCUT2D eigenvalue weighted by Crippen LogP contribution is -2.21. The van der Waals surface area contributed by atoms with Gasteiger partial charge in [-0.1, -0.05) is 46.3 Å². The van der Waals surface area contributed by atoms with Gasteiger partial charge in [0.25, 0.3) is 5.56 Å². The Bertz CT molecular complexity index is 841. The number of aromatic nitrogens is 2. The second kappa shape index (κ2) is 5.43. The van der Waals surface area contributed by atoms with Crippen molar-refractivity contribution in [2.75, 3.05) is 0 Å². The molecule has 0 radical (unpaired) electrons. The van der Waals surface area contributed by atoms with Gasteiger partial charge in [-0.05, 0) is 30.4 Å². The third-order valence-corrected chi connectivity index (χ3v) is 3.46. The maximum atomic E-state index is 12.5. The van der Waals surface area contributed by atoms with Crippen LogP contribution >= 0.6 is 15.9 Å².